The molecule has 4 aliphatic rings. The number of carbonyl (C=O) groups is 1. The van der Waals surface area contributed by atoms with Crippen molar-refractivity contribution in [1.29, 1.82) is 0 Å². The summed E-state index contributed by atoms with van der Waals surface area (Å²) in [5.41, 5.74) is 3.58. The molecule has 1 aromatic carbocycles. The Morgan fingerprint density at radius 1 is 1.23 bits per heavy atom. The van der Waals surface area contributed by atoms with E-state index >= 15 is 0 Å². The first kappa shape index (κ1) is 13.0. The second kappa shape index (κ2) is 4.77. The minimum Gasteiger partial charge on any atom is -0.349 e. The van der Waals surface area contributed by atoms with E-state index in [1.165, 1.54) is 32.5 Å². The van der Waals surface area contributed by atoms with Crippen LogP contribution in [0.4, 0.5) is 0 Å². The SMILES string of the molecule is O=C(NC1[C@@H]2CC3C[C@@H]1CN(C3)C2)c1ccc2ncsc2c1. The molecule has 22 heavy (non-hydrogen) atoms. The molecule has 4 bridgehead atoms. The lowest BCUT2D eigenvalue weighted by Crippen LogP contribution is -2.64. The Morgan fingerprint density at radius 3 is 2.82 bits per heavy atom. The third kappa shape index (κ3) is 1.99. The molecule has 1 aromatic heterocycles. The third-order valence-electron chi connectivity index (χ3n) is 5.68. The van der Waals surface area contributed by atoms with Crippen LogP contribution >= 0.6 is 11.3 Å². The number of aromatic nitrogens is 1. The zero-order valence-corrected chi connectivity index (χ0v) is 13.2. The Bertz CT molecular complexity index is 712. The molecule has 1 aliphatic carbocycles. The highest BCUT2D eigenvalue weighted by molar-refractivity contribution is 7.16. The molecule has 0 unspecified atom stereocenters. The molecule has 1 amide bonds. The van der Waals surface area contributed by atoms with Crippen LogP contribution in [-0.4, -0.2) is 41.5 Å². The Morgan fingerprint density at radius 2 is 2.05 bits per heavy atom. The van der Waals surface area contributed by atoms with Crippen molar-refractivity contribution >= 4 is 27.5 Å². The van der Waals surface area contributed by atoms with Crippen molar-refractivity contribution in [1.82, 2.24) is 15.2 Å². The summed E-state index contributed by atoms with van der Waals surface area (Å²) >= 11 is 1.59. The van der Waals surface area contributed by atoms with Gasteiger partial charge in [-0.2, -0.15) is 0 Å². The quantitative estimate of drug-likeness (QED) is 0.926. The van der Waals surface area contributed by atoms with Gasteiger partial charge in [-0.1, -0.05) is 0 Å². The average Bonchev–Trinajstić information content (AvgIpc) is 2.97. The predicted octanol–water partition coefficient (Wildman–Crippen LogP) is 2.37. The first-order valence-corrected chi connectivity index (χ1v) is 9.01. The smallest absolute Gasteiger partial charge is 0.251 e. The van der Waals surface area contributed by atoms with Crippen molar-refractivity contribution in [3.05, 3.63) is 29.3 Å². The molecular weight excluding hydrogens is 294 g/mol. The summed E-state index contributed by atoms with van der Waals surface area (Å²) in [4.78, 5) is 19.5. The van der Waals surface area contributed by atoms with Crippen molar-refractivity contribution in [3.8, 4) is 0 Å². The number of nitrogens with one attached hydrogen (secondary N) is 1. The lowest BCUT2D eigenvalue weighted by molar-refractivity contribution is -0.0418. The van der Waals surface area contributed by atoms with E-state index in [1.807, 2.05) is 23.7 Å². The van der Waals surface area contributed by atoms with Gasteiger partial charge in [0.25, 0.3) is 5.91 Å². The van der Waals surface area contributed by atoms with Gasteiger partial charge in [-0.25, -0.2) is 4.98 Å². The fourth-order valence-electron chi connectivity index (χ4n) is 4.87. The van der Waals surface area contributed by atoms with Gasteiger partial charge in [-0.15, -0.1) is 11.3 Å². The number of nitrogens with zero attached hydrogens (tertiary/aromatic N) is 2. The summed E-state index contributed by atoms with van der Waals surface area (Å²) in [6, 6.07) is 6.19. The number of hydrogen-bond acceptors (Lipinski definition) is 4. The maximum atomic E-state index is 12.7. The van der Waals surface area contributed by atoms with Crippen LogP contribution in [0, 0.1) is 17.8 Å². The number of carbonyl (C=O) groups excluding carboxylic acids is 1. The highest BCUT2D eigenvalue weighted by Gasteiger charge is 2.47. The summed E-state index contributed by atoms with van der Waals surface area (Å²) < 4.78 is 1.09. The highest BCUT2D eigenvalue weighted by atomic mass is 32.1. The number of fused-ring (bicyclic) bond motifs is 1. The van der Waals surface area contributed by atoms with Crippen molar-refractivity contribution in [2.45, 2.75) is 18.9 Å². The molecule has 1 saturated carbocycles. The average molecular weight is 313 g/mol. The van der Waals surface area contributed by atoms with Crippen LogP contribution in [0.5, 0.6) is 0 Å². The molecule has 4 fully saturated rings. The molecule has 2 aromatic rings. The van der Waals surface area contributed by atoms with Gasteiger partial charge in [-0.3, -0.25) is 4.79 Å². The summed E-state index contributed by atoms with van der Waals surface area (Å²) in [7, 11) is 0. The van der Waals surface area contributed by atoms with Gasteiger partial charge in [0, 0.05) is 31.2 Å². The van der Waals surface area contributed by atoms with E-state index < -0.39 is 0 Å². The Hall–Kier alpha value is -1.46. The second-order valence-corrected chi connectivity index (χ2v) is 8.00. The molecule has 114 valence electrons. The maximum absolute atomic E-state index is 12.7. The van der Waals surface area contributed by atoms with Gasteiger partial charge in [0.2, 0.25) is 0 Å². The predicted molar refractivity (Wildman–Crippen MR) is 87.0 cm³/mol. The summed E-state index contributed by atoms with van der Waals surface area (Å²) in [6.45, 7) is 3.63. The van der Waals surface area contributed by atoms with E-state index in [0.717, 1.165) is 21.7 Å². The van der Waals surface area contributed by atoms with Crippen LogP contribution in [0.2, 0.25) is 0 Å². The molecule has 1 N–H and O–H groups in total. The van der Waals surface area contributed by atoms with Crippen molar-refractivity contribution in [2.24, 2.45) is 17.8 Å². The molecule has 4 nitrogen and oxygen atoms in total. The standard InChI is InChI=1S/C17H19N3OS/c21-17(11-1-2-14-15(5-11)22-9-18-14)19-16-12-3-10-4-13(16)8-20(6-10)7-12/h1-2,5,9-10,12-13,16H,3-4,6-8H2,(H,19,21)/t10?,12-,13-,16?/m1/s1. The monoisotopic (exact) mass is 313 g/mol. The molecule has 3 aliphatic heterocycles. The number of benzene rings is 1. The minimum absolute atomic E-state index is 0.0859. The number of hydrogen-bond donors (Lipinski definition) is 1. The highest BCUT2D eigenvalue weighted by Crippen LogP contribution is 2.43. The van der Waals surface area contributed by atoms with Crippen LogP contribution in [0.25, 0.3) is 10.2 Å². The molecule has 3 saturated heterocycles. The van der Waals surface area contributed by atoms with Gasteiger partial charge < -0.3 is 10.2 Å². The zero-order valence-electron chi connectivity index (χ0n) is 12.4. The molecule has 6 rings (SSSR count). The van der Waals surface area contributed by atoms with E-state index in [1.54, 1.807) is 11.3 Å². The summed E-state index contributed by atoms with van der Waals surface area (Å²) in [5.74, 6) is 2.27. The summed E-state index contributed by atoms with van der Waals surface area (Å²) in [5, 5.41) is 3.35. The van der Waals surface area contributed by atoms with E-state index in [4.69, 9.17) is 0 Å². The van der Waals surface area contributed by atoms with E-state index in [2.05, 4.69) is 15.2 Å². The maximum Gasteiger partial charge on any atom is 0.251 e. The van der Waals surface area contributed by atoms with E-state index in [-0.39, 0.29) is 5.91 Å². The Labute approximate surface area is 133 Å². The molecular formula is C17H19N3OS. The number of rotatable bonds is 2. The van der Waals surface area contributed by atoms with Gasteiger partial charge >= 0.3 is 0 Å². The van der Waals surface area contributed by atoms with Crippen LogP contribution in [-0.2, 0) is 0 Å². The van der Waals surface area contributed by atoms with Crippen LogP contribution in [0.15, 0.2) is 23.7 Å². The number of amides is 1. The molecule has 5 heteroatoms. The lowest BCUT2D eigenvalue weighted by atomic mass is 9.65. The molecule has 4 heterocycles. The first-order valence-electron chi connectivity index (χ1n) is 8.13. The van der Waals surface area contributed by atoms with Crippen LogP contribution in [0.1, 0.15) is 23.2 Å². The van der Waals surface area contributed by atoms with E-state index in [0.29, 0.717) is 17.9 Å². The Balaban J connectivity index is 1.38. The van der Waals surface area contributed by atoms with Crippen molar-refractivity contribution in [3.63, 3.8) is 0 Å². The number of thiazole rings is 1. The third-order valence-corrected chi connectivity index (χ3v) is 6.47. The molecule has 0 radical (unpaired) electrons. The van der Waals surface area contributed by atoms with Gasteiger partial charge in [0.15, 0.2) is 0 Å². The zero-order chi connectivity index (χ0) is 14.7. The topological polar surface area (TPSA) is 45.2 Å². The van der Waals surface area contributed by atoms with Crippen molar-refractivity contribution in [2.75, 3.05) is 19.6 Å². The summed E-state index contributed by atoms with van der Waals surface area (Å²) in [6.07, 6.45) is 2.59. The molecule has 0 spiro atoms. The van der Waals surface area contributed by atoms with E-state index in [9.17, 15) is 4.79 Å². The fourth-order valence-corrected chi connectivity index (χ4v) is 5.59. The van der Waals surface area contributed by atoms with Gasteiger partial charge in [0.05, 0.1) is 15.7 Å². The number of piperidine rings is 3. The fraction of sp³-hybridized carbons (Fsp3) is 0.529. The van der Waals surface area contributed by atoms with Crippen LogP contribution < -0.4 is 5.32 Å². The van der Waals surface area contributed by atoms with Crippen molar-refractivity contribution < 1.29 is 4.79 Å². The van der Waals surface area contributed by atoms with Crippen LogP contribution in [0.3, 0.4) is 0 Å². The first-order chi connectivity index (χ1) is 10.8. The van der Waals surface area contributed by atoms with Gasteiger partial charge in [0.1, 0.15) is 0 Å². The Kier molecular flexibility index (Phi) is 2.82. The second-order valence-electron chi connectivity index (χ2n) is 7.11. The minimum atomic E-state index is 0.0859. The lowest BCUT2D eigenvalue weighted by Gasteiger charge is -2.55. The normalized spacial score (nSPS) is 35.9. The molecule has 2 atom stereocenters. The largest absolute Gasteiger partial charge is 0.349 e. The van der Waals surface area contributed by atoms with Gasteiger partial charge in [-0.05, 0) is 48.8 Å².